The minimum atomic E-state index is -1.60. The second-order valence-corrected chi connectivity index (χ2v) is 4.41. The molecule has 0 saturated heterocycles. The van der Waals surface area contributed by atoms with Gasteiger partial charge in [-0.25, -0.2) is 4.79 Å². The molecule has 1 N–H and O–H groups in total. The molecule has 3 nitrogen and oxygen atoms in total. The summed E-state index contributed by atoms with van der Waals surface area (Å²) in [5, 5.41) is 10.5. The lowest BCUT2D eigenvalue weighted by Crippen LogP contribution is -2.45. The van der Waals surface area contributed by atoms with Crippen molar-refractivity contribution in [1.82, 2.24) is 0 Å². The van der Waals surface area contributed by atoms with Gasteiger partial charge in [-0.15, -0.1) is 6.58 Å². The fourth-order valence-electron chi connectivity index (χ4n) is 1.73. The number of allylic oxidation sites excluding steroid dienone is 1. The smallest absolute Gasteiger partial charge is 0.343 e. The molecule has 0 aromatic rings. The van der Waals surface area contributed by atoms with Crippen molar-refractivity contribution < 1.29 is 14.6 Å². The van der Waals surface area contributed by atoms with Crippen molar-refractivity contribution in [2.75, 3.05) is 0 Å². The minimum absolute atomic E-state index is 0.244. The summed E-state index contributed by atoms with van der Waals surface area (Å²) in [5.74, 6) is -0.932. The summed E-state index contributed by atoms with van der Waals surface area (Å²) in [6.07, 6.45) is 6.08. The predicted octanol–water partition coefficient (Wildman–Crippen LogP) is 2.85. The Labute approximate surface area is 104 Å². The van der Waals surface area contributed by atoms with Crippen molar-refractivity contribution >= 4 is 5.97 Å². The van der Waals surface area contributed by atoms with E-state index in [0.717, 1.165) is 6.42 Å². The Bertz CT molecular complexity index is 281. The first-order valence-electron chi connectivity index (χ1n) is 6.12. The third kappa shape index (κ3) is 4.35. The van der Waals surface area contributed by atoms with Gasteiger partial charge in [-0.2, -0.15) is 0 Å². The number of rotatable bonds is 7. The standard InChI is InChI=1S/C14H24O3/c1-6-9-12(8-3)14(16,10-7-2)13(15)17-11(4)5/h7-8,10-12,16H,3,6,9H2,1-2,4-5H3/b10-7+/t12-,14-/m1/s1. The highest BCUT2D eigenvalue weighted by molar-refractivity contribution is 5.82. The number of hydrogen-bond donors (Lipinski definition) is 1. The highest BCUT2D eigenvalue weighted by atomic mass is 16.6. The van der Waals surface area contributed by atoms with Crippen LogP contribution >= 0.6 is 0 Å². The second kappa shape index (κ2) is 7.28. The van der Waals surface area contributed by atoms with Gasteiger partial charge in [-0.3, -0.25) is 0 Å². The summed E-state index contributed by atoms with van der Waals surface area (Å²) >= 11 is 0. The van der Waals surface area contributed by atoms with E-state index in [9.17, 15) is 9.90 Å². The predicted molar refractivity (Wildman–Crippen MR) is 69.6 cm³/mol. The monoisotopic (exact) mass is 240 g/mol. The Morgan fingerprint density at radius 3 is 2.47 bits per heavy atom. The first kappa shape index (κ1) is 15.9. The normalized spacial score (nSPS) is 16.8. The van der Waals surface area contributed by atoms with Gasteiger partial charge < -0.3 is 9.84 Å². The molecule has 0 fully saturated rings. The number of ether oxygens (including phenoxy) is 1. The molecule has 0 aliphatic carbocycles. The molecule has 3 heteroatoms. The zero-order valence-corrected chi connectivity index (χ0v) is 11.3. The molecule has 0 saturated carbocycles. The van der Waals surface area contributed by atoms with Gasteiger partial charge in [0.2, 0.25) is 0 Å². The van der Waals surface area contributed by atoms with Crippen LogP contribution in [0.2, 0.25) is 0 Å². The van der Waals surface area contributed by atoms with Gasteiger partial charge in [0.1, 0.15) is 0 Å². The van der Waals surface area contributed by atoms with E-state index >= 15 is 0 Å². The van der Waals surface area contributed by atoms with Crippen molar-refractivity contribution in [2.45, 2.75) is 52.2 Å². The van der Waals surface area contributed by atoms with Gasteiger partial charge >= 0.3 is 5.97 Å². The molecular formula is C14H24O3. The van der Waals surface area contributed by atoms with Crippen molar-refractivity contribution in [3.05, 3.63) is 24.8 Å². The number of esters is 1. The fourth-order valence-corrected chi connectivity index (χ4v) is 1.73. The lowest BCUT2D eigenvalue weighted by atomic mass is 9.83. The average molecular weight is 240 g/mol. The van der Waals surface area contributed by atoms with E-state index in [1.165, 1.54) is 6.08 Å². The SMILES string of the molecule is C=C[C@H](CCC)[C@](O)(/C=C/C)C(=O)OC(C)C. The maximum absolute atomic E-state index is 12.0. The van der Waals surface area contributed by atoms with E-state index in [1.807, 2.05) is 6.92 Å². The first-order valence-corrected chi connectivity index (χ1v) is 6.12. The molecule has 0 aromatic carbocycles. The Balaban J connectivity index is 5.11. The second-order valence-electron chi connectivity index (χ2n) is 4.41. The van der Waals surface area contributed by atoms with E-state index in [2.05, 4.69) is 6.58 Å². The maximum Gasteiger partial charge on any atom is 0.343 e. The zero-order chi connectivity index (χ0) is 13.5. The minimum Gasteiger partial charge on any atom is -0.461 e. The third-order valence-electron chi connectivity index (χ3n) is 2.54. The molecule has 0 aliphatic heterocycles. The average Bonchev–Trinajstić information content (AvgIpc) is 2.24. The molecule has 0 spiro atoms. The Morgan fingerprint density at radius 1 is 1.53 bits per heavy atom. The van der Waals surface area contributed by atoms with Crippen molar-refractivity contribution in [2.24, 2.45) is 5.92 Å². The van der Waals surface area contributed by atoms with E-state index < -0.39 is 11.6 Å². The van der Waals surface area contributed by atoms with Crippen LogP contribution in [-0.2, 0) is 9.53 Å². The molecule has 0 rings (SSSR count). The van der Waals surface area contributed by atoms with E-state index in [-0.39, 0.29) is 12.0 Å². The van der Waals surface area contributed by atoms with E-state index in [1.54, 1.807) is 32.9 Å². The van der Waals surface area contributed by atoms with E-state index in [0.29, 0.717) is 6.42 Å². The van der Waals surface area contributed by atoms with Crippen LogP contribution in [0.3, 0.4) is 0 Å². The summed E-state index contributed by atoms with van der Waals surface area (Å²) < 4.78 is 5.11. The van der Waals surface area contributed by atoms with E-state index in [4.69, 9.17) is 4.74 Å². The van der Waals surface area contributed by atoms with Crippen LogP contribution in [0.15, 0.2) is 24.8 Å². The Morgan fingerprint density at radius 2 is 2.12 bits per heavy atom. The van der Waals surface area contributed by atoms with Crippen LogP contribution < -0.4 is 0 Å². The van der Waals surface area contributed by atoms with Crippen molar-refractivity contribution in [1.29, 1.82) is 0 Å². The van der Waals surface area contributed by atoms with Crippen LogP contribution in [0.5, 0.6) is 0 Å². The van der Waals surface area contributed by atoms with Gasteiger partial charge in [-0.1, -0.05) is 25.5 Å². The van der Waals surface area contributed by atoms with Crippen LogP contribution in [0.25, 0.3) is 0 Å². The largest absolute Gasteiger partial charge is 0.461 e. The zero-order valence-electron chi connectivity index (χ0n) is 11.3. The number of hydrogen-bond acceptors (Lipinski definition) is 3. The molecule has 0 bridgehead atoms. The fraction of sp³-hybridized carbons (Fsp3) is 0.643. The van der Waals surface area contributed by atoms with Gasteiger partial charge in [0.15, 0.2) is 5.60 Å². The summed E-state index contributed by atoms with van der Waals surface area (Å²) in [5.41, 5.74) is -1.60. The molecule has 0 aliphatic rings. The van der Waals surface area contributed by atoms with Crippen LogP contribution in [0, 0.1) is 5.92 Å². The molecule has 0 radical (unpaired) electrons. The lowest BCUT2D eigenvalue weighted by molar-refractivity contribution is -0.168. The first-order chi connectivity index (χ1) is 7.92. The van der Waals surface area contributed by atoms with Crippen LogP contribution in [-0.4, -0.2) is 22.8 Å². The van der Waals surface area contributed by atoms with Crippen LogP contribution in [0.4, 0.5) is 0 Å². The summed E-state index contributed by atoms with van der Waals surface area (Å²) in [4.78, 5) is 12.0. The lowest BCUT2D eigenvalue weighted by Gasteiger charge is -2.30. The third-order valence-corrected chi connectivity index (χ3v) is 2.54. The highest BCUT2D eigenvalue weighted by Crippen LogP contribution is 2.27. The highest BCUT2D eigenvalue weighted by Gasteiger charge is 2.41. The molecule has 0 heterocycles. The van der Waals surface area contributed by atoms with Gasteiger partial charge in [-0.05, 0) is 33.3 Å². The molecule has 0 aromatic heterocycles. The summed E-state index contributed by atoms with van der Waals surface area (Å²) in [6, 6.07) is 0. The topological polar surface area (TPSA) is 46.5 Å². The van der Waals surface area contributed by atoms with Gasteiger partial charge in [0.05, 0.1) is 6.10 Å². The molecule has 0 unspecified atom stereocenters. The van der Waals surface area contributed by atoms with Gasteiger partial charge in [0, 0.05) is 5.92 Å². The van der Waals surface area contributed by atoms with Crippen molar-refractivity contribution in [3.63, 3.8) is 0 Å². The quantitative estimate of drug-likeness (QED) is 0.550. The summed E-state index contributed by atoms with van der Waals surface area (Å²) in [7, 11) is 0. The Hall–Kier alpha value is -1.09. The molecule has 0 amide bonds. The number of aliphatic hydroxyl groups is 1. The molecular weight excluding hydrogens is 216 g/mol. The maximum atomic E-state index is 12.0. The molecule has 17 heavy (non-hydrogen) atoms. The van der Waals surface area contributed by atoms with Crippen molar-refractivity contribution in [3.8, 4) is 0 Å². The summed E-state index contributed by atoms with van der Waals surface area (Å²) in [6.45, 7) is 11.0. The number of carbonyl (C=O) groups excluding carboxylic acids is 1. The number of carbonyl (C=O) groups is 1. The molecule has 98 valence electrons. The van der Waals surface area contributed by atoms with Gasteiger partial charge in [0.25, 0.3) is 0 Å². The Kier molecular flexibility index (Phi) is 6.81. The molecule has 2 atom stereocenters. The van der Waals surface area contributed by atoms with Crippen LogP contribution in [0.1, 0.15) is 40.5 Å².